The van der Waals surface area contributed by atoms with Crippen LogP contribution in [0.1, 0.15) is 16.8 Å². The number of aromatic nitrogens is 2. The highest BCUT2D eigenvalue weighted by molar-refractivity contribution is 5.99. The molecule has 174 valence electrons. The van der Waals surface area contributed by atoms with Gasteiger partial charge in [-0.1, -0.05) is 103 Å². The van der Waals surface area contributed by atoms with E-state index >= 15 is 0 Å². The Morgan fingerprint density at radius 2 is 1.47 bits per heavy atom. The van der Waals surface area contributed by atoms with Gasteiger partial charge >= 0.3 is 0 Å². The Kier molecular flexibility index (Phi) is 5.68. The third-order valence-corrected chi connectivity index (χ3v) is 6.37. The fraction of sp³-hybridized carbons (Fsp3) is 0.0312. The number of nitrogens with one attached hydrogen (secondary N) is 1. The van der Waals surface area contributed by atoms with Crippen LogP contribution < -0.4 is 5.32 Å². The lowest BCUT2D eigenvalue weighted by molar-refractivity contribution is 0.478. The highest BCUT2D eigenvalue weighted by Gasteiger charge is 2.18. The summed E-state index contributed by atoms with van der Waals surface area (Å²) >= 11 is 0. The number of phenolic OH excluding ortho intramolecular Hbond substituents is 1. The molecule has 2 N–H and O–H groups in total. The van der Waals surface area contributed by atoms with Crippen molar-refractivity contribution >= 4 is 34.4 Å². The van der Waals surface area contributed by atoms with Gasteiger partial charge in [0.25, 0.3) is 0 Å². The summed E-state index contributed by atoms with van der Waals surface area (Å²) in [5.74, 6) is 1.12. The Bertz CT molecular complexity index is 1690. The standard InChI is InChI=1S/C32H25N3O/c36-29-21-19-25-14-7-8-15-26(25)31(29)28-16-9-17-30-34-27(20-18-23-10-3-1-4-11-23)32(35(28)30)33-22-24-12-5-2-6-13-24/h1-21,33,36H,22H2/b20-18+. The Morgan fingerprint density at radius 3 is 2.31 bits per heavy atom. The fourth-order valence-electron chi connectivity index (χ4n) is 4.64. The summed E-state index contributed by atoms with van der Waals surface area (Å²) in [7, 11) is 0. The molecule has 0 fully saturated rings. The van der Waals surface area contributed by atoms with Crippen molar-refractivity contribution in [3.63, 3.8) is 0 Å². The zero-order valence-corrected chi connectivity index (χ0v) is 19.7. The molecule has 6 aromatic rings. The maximum absolute atomic E-state index is 11.0. The summed E-state index contributed by atoms with van der Waals surface area (Å²) in [5.41, 5.74) is 5.60. The first-order valence-electron chi connectivity index (χ1n) is 12.0. The molecule has 6 rings (SSSR count). The number of aromatic hydroxyl groups is 1. The summed E-state index contributed by atoms with van der Waals surface area (Å²) in [6.07, 6.45) is 4.12. The number of imidazole rings is 1. The van der Waals surface area contributed by atoms with E-state index in [1.54, 1.807) is 6.07 Å². The van der Waals surface area contributed by atoms with Crippen LogP contribution in [0, 0.1) is 0 Å². The van der Waals surface area contributed by atoms with Gasteiger partial charge in [-0.3, -0.25) is 4.40 Å². The molecule has 2 heterocycles. The number of hydrogen-bond acceptors (Lipinski definition) is 3. The monoisotopic (exact) mass is 467 g/mol. The predicted octanol–water partition coefficient (Wildman–Crippen LogP) is 7.64. The molecule has 0 saturated carbocycles. The second-order valence-corrected chi connectivity index (χ2v) is 8.71. The first kappa shape index (κ1) is 21.7. The number of hydrogen-bond donors (Lipinski definition) is 2. The summed E-state index contributed by atoms with van der Waals surface area (Å²) in [5, 5.41) is 16.7. The van der Waals surface area contributed by atoms with E-state index in [0.717, 1.165) is 44.8 Å². The Morgan fingerprint density at radius 1 is 0.722 bits per heavy atom. The summed E-state index contributed by atoms with van der Waals surface area (Å²) in [6.45, 7) is 0.649. The van der Waals surface area contributed by atoms with Gasteiger partial charge in [0.05, 0.1) is 5.69 Å². The van der Waals surface area contributed by atoms with Crippen molar-refractivity contribution in [2.45, 2.75) is 6.54 Å². The molecular formula is C32H25N3O. The topological polar surface area (TPSA) is 49.6 Å². The van der Waals surface area contributed by atoms with Crippen LogP contribution in [0.2, 0.25) is 0 Å². The fourth-order valence-corrected chi connectivity index (χ4v) is 4.64. The van der Waals surface area contributed by atoms with Gasteiger partial charge in [-0.25, -0.2) is 4.98 Å². The molecule has 0 unspecified atom stereocenters. The van der Waals surface area contributed by atoms with Crippen LogP contribution >= 0.6 is 0 Å². The molecular weight excluding hydrogens is 442 g/mol. The van der Waals surface area contributed by atoms with Crippen molar-refractivity contribution in [1.82, 2.24) is 9.38 Å². The van der Waals surface area contributed by atoms with Gasteiger partial charge in [0, 0.05) is 12.1 Å². The second kappa shape index (κ2) is 9.43. The van der Waals surface area contributed by atoms with Crippen molar-refractivity contribution < 1.29 is 5.11 Å². The third kappa shape index (κ3) is 4.10. The van der Waals surface area contributed by atoms with Gasteiger partial charge in [0.15, 0.2) is 0 Å². The largest absolute Gasteiger partial charge is 0.507 e. The number of benzene rings is 4. The smallest absolute Gasteiger partial charge is 0.139 e. The maximum atomic E-state index is 11.0. The van der Waals surface area contributed by atoms with E-state index in [-0.39, 0.29) is 5.75 Å². The molecule has 0 amide bonds. The molecule has 4 aromatic carbocycles. The molecule has 0 bridgehead atoms. The number of fused-ring (bicyclic) bond motifs is 2. The number of rotatable bonds is 6. The first-order chi connectivity index (χ1) is 17.8. The molecule has 4 heteroatoms. The predicted molar refractivity (Wildman–Crippen MR) is 149 cm³/mol. The maximum Gasteiger partial charge on any atom is 0.139 e. The zero-order valence-electron chi connectivity index (χ0n) is 19.7. The van der Waals surface area contributed by atoms with Gasteiger partial charge < -0.3 is 10.4 Å². The average Bonchev–Trinajstić information content (AvgIpc) is 3.29. The lowest BCUT2D eigenvalue weighted by atomic mass is 10.0. The highest BCUT2D eigenvalue weighted by atomic mass is 16.3. The molecule has 2 aromatic heterocycles. The lowest BCUT2D eigenvalue weighted by Crippen LogP contribution is -2.05. The van der Waals surface area contributed by atoms with Gasteiger partial charge in [-0.15, -0.1) is 0 Å². The molecule has 0 atom stereocenters. The normalized spacial score (nSPS) is 11.4. The van der Waals surface area contributed by atoms with E-state index in [2.05, 4.69) is 46.1 Å². The van der Waals surface area contributed by atoms with Crippen molar-refractivity contribution in [2.24, 2.45) is 0 Å². The second-order valence-electron chi connectivity index (χ2n) is 8.71. The molecule has 0 spiro atoms. The minimum absolute atomic E-state index is 0.241. The van der Waals surface area contributed by atoms with E-state index in [4.69, 9.17) is 4.98 Å². The van der Waals surface area contributed by atoms with Crippen LogP contribution in [0.4, 0.5) is 5.82 Å². The Hall–Kier alpha value is -4.83. The highest BCUT2D eigenvalue weighted by Crippen LogP contribution is 2.38. The van der Waals surface area contributed by atoms with E-state index in [1.807, 2.05) is 84.9 Å². The first-order valence-corrected chi connectivity index (χ1v) is 12.0. The van der Waals surface area contributed by atoms with Crippen molar-refractivity contribution in [2.75, 3.05) is 5.32 Å². The SMILES string of the molecule is Oc1ccc2ccccc2c1-c1cccc2nc(/C=C/c3ccccc3)c(NCc3ccccc3)n12. The molecule has 0 aliphatic rings. The third-order valence-electron chi connectivity index (χ3n) is 6.37. The Labute approximate surface area is 209 Å². The van der Waals surface area contributed by atoms with E-state index in [9.17, 15) is 5.11 Å². The molecule has 0 aliphatic carbocycles. The van der Waals surface area contributed by atoms with E-state index in [1.165, 1.54) is 5.56 Å². The van der Waals surface area contributed by atoms with Gasteiger partial charge in [0.1, 0.15) is 22.9 Å². The van der Waals surface area contributed by atoms with Crippen LogP contribution in [-0.2, 0) is 6.54 Å². The van der Waals surface area contributed by atoms with Crippen molar-refractivity contribution in [3.05, 3.63) is 132 Å². The molecule has 0 aliphatic heterocycles. The van der Waals surface area contributed by atoms with Crippen molar-refractivity contribution in [3.8, 4) is 17.0 Å². The number of anilines is 1. The number of phenols is 1. The average molecular weight is 468 g/mol. The van der Waals surface area contributed by atoms with Crippen LogP contribution in [0.15, 0.2) is 115 Å². The molecule has 36 heavy (non-hydrogen) atoms. The van der Waals surface area contributed by atoms with Gasteiger partial charge in [-0.05, 0) is 46.2 Å². The van der Waals surface area contributed by atoms with Crippen LogP contribution in [0.25, 0.3) is 39.8 Å². The minimum atomic E-state index is 0.241. The summed E-state index contributed by atoms with van der Waals surface area (Å²) in [4.78, 5) is 4.97. The summed E-state index contributed by atoms with van der Waals surface area (Å²) in [6, 6.07) is 38.4. The van der Waals surface area contributed by atoms with E-state index in [0.29, 0.717) is 6.54 Å². The van der Waals surface area contributed by atoms with Crippen molar-refractivity contribution in [1.29, 1.82) is 0 Å². The quantitative estimate of drug-likeness (QED) is 0.265. The summed E-state index contributed by atoms with van der Waals surface area (Å²) < 4.78 is 2.11. The Balaban J connectivity index is 1.55. The zero-order chi connectivity index (χ0) is 24.3. The minimum Gasteiger partial charge on any atom is -0.507 e. The molecule has 4 nitrogen and oxygen atoms in total. The van der Waals surface area contributed by atoms with Gasteiger partial charge in [-0.2, -0.15) is 0 Å². The van der Waals surface area contributed by atoms with Crippen LogP contribution in [0.3, 0.4) is 0 Å². The lowest BCUT2D eigenvalue weighted by Gasteiger charge is -2.15. The van der Waals surface area contributed by atoms with Gasteiger partial charge in [0.2, 0.25) is 0 Å². The van der Waals surface area contributed by atoms with Crippen LogP contribution in [0.5, 0.6) is 5.75 Å². The van der Waals surface area contributed by atoms with Crippen LogP contribution in [-0.4, -0.2) is 14.5 Å². The molecule has 0 saturated heterocycles. The molecule has 0 radical (unpaired) electrons. The number of nitrogens with zero attached hydrogens (tertiary/aromatic N) is 2. The van der Waals surface area contributed by atoms with E-state index < -0.39 is 0 Å². The number of pyridine rings is 1.